The van der Waals surface area contributed by atoms with E-state index in [0.717, 1.165) is 5.56 Å². The zero-order valence-corrected chi connectivity index (χ0v) is 11.6. The Morgan fingerprint density at radius 1 is 1.44 bits per heavy atom. The van der Waals surface area contributed by atoms with Crippen LogP contribution in [0.2, 0.25) is 0 Å². The maximum Gasteiger partial charge on any atom is 0.345 e. The van der Waals surface area contributed by atoms with Crippen molar-refractivity contribution < 1.29 is 9.53 Å². The summed E-state index contributed by atoms with van der Waals surface area (Å²) in [7, 11) is 0. The van der Waals surface area contributed by atoms with Gasteiger partial charge in [-0.05, 0) is 52.9 Å². The van der Waals surface area contributed by atoms with Crippen molar-refractivity contribution in [1.29, 1.82) is 0 Å². The molecule has 0 fully saturated rings. The Labute approximate surface area is 108 Å². The second kappa shape index (κ2) is 6.76. The van der Waals surface area contributed by atoms with Gasteiger partial charge in [0, 0.05) is 4.90 Å². The number of rotatable bonds is 4. The van der Waals surface area contributed by atoms with Gasteiger partial charge in [0.1, 0.15) is 4.48 Å². The quantitative estimate of drug-likeness (QED) is 0.482. The number of carbonyl (C=O) groups excluding carboxylic acids is 1. The predicted octanol–water partition coefficient (Wildman–Crippen LogP) is 3.71. The lowest BCUT2D eigenvalue weighted by atomic mass is 10.2. The summed E-state index contributed by atoms with van der Waals surface area (Å²) < 4.78 is 5.30. The third kappa shape index (κ3) is 4.02. The van der Waals surface area contributed by atoms with E-state index in [2.05, 4.69) is 15.9 Å². The summed E-state index contributed by atoms with van der Waals surface area (Å²) in [4.78, 5) is 12.5. The van der Waals surface area contributed by atoms with Crippen LogP contribution in [0.3, 0.4) is 0 Å². The van der Waals surface area contributed by atoms with Crippen LogP contribution >= 0.6 is 27.7 Å². The molecule has 0 heterocycles. The standard InChI is InChI=1S/C12H13BrO2S/c1-3-15-12(14)11(13)8-9-4-6-10(16-2)7-5-9/h4-8H,3H2,1-2H3/b11-8-. The molecule has 0 aromatic heterocycles. The van der Waals surface area contributed by atoms with E-state index in [1.807, 2.05) is 30.5 Å². The van der Waals surface area contributed by atoms with Crippen LogP contribution in [0.4, 0.5) is 0 Å². The maximum absolute atomic E-state index is 11.3. The maximum atomic E-state index is 11.3. The molecule has 0 unspecified atom stereocenters. The lowest BCUT2D eigenvalue weighted by Gasteiger charge is -2.01. The number of benzene rings is 1. The topological polar surface area (TPSA) is 26.3 Å². The first-order chi connectivity index (χ1) is 7.67. The lowest BCUT2D eigenvalue weighted by Crippen LogP contribution is -2.02. The molecule has 0 radical (unpaired) electrons. The van der Waals surface area contributed by atoms with Gasteiger partial charge >= 0.3 is 5.97 Å². The number of halogens is 1. The molecule has 1 aromatic rings. The zero-order chi connectivity index (χ0) is 12.0. The van der Waals surface area contributed by atoms with E-state index in [0.29, 0.717) is 11.1 Å². The van der Waals surface area contributed by atoms with Crippen LogP contribution < -0.4 is 0 Å². The van der Waals surface area contributed by atoms with E-state index in [1.165, 1.54) is 4.90 Å². The molecule has 0 N–H and O–H groups in total. The number of hydrogen-bond acceptors (Lipinski definition) is 3. The Bertz CT molecular complexity index is 385. The molecule has 0 saturated carbocycles. The second-order valence-corrected chi connectivity index (χ2v) is 4.72. The first kappa shape index (κ1) is 13.3. The molecule has 0 aliphatic heterocycles. The molecular weight excluding hydrogens is 288 g/mol. The van der Waals surface area contributed by atoms with E-state index in [4.69, 9.17) is 4.74 Å². The SMILES string of the molecule is CCOC(=O)/C(Br)=C/c1ccc(SC)cc1. The molecule has 0 spiro atoms. The highest BCUT2D eigenvalue weighted by molar-refractivity contribution is 9.12. The fourth-order valence-electron chi connectivity index (χ4n) is 1.11. The minimum atomic E-state index is -0.337. The number of hydrogen-bond donors (Lipinski definition) is 0. The molecule has 16 heavy (non-hydrogen) atoms. The monoisotopic (exact) mass is 300 g/mol. The van der Waals surface area contributed by atoms with Crippen molar-refractivity contribution in [2.75, 3.05) is 12.9 Å². The highest BCUT2D eigenvalue weighted by Crippen LogP contribution is 2.18. The van der Waals surface area contributed by atoms with Gasteiger partial charge in [-0.1, -0.05) is 12.1 Å². The third-order valence-corrected chi connectivity index (χ3v) is 3.18. The molecule has 0 amide bonds. The summed E-state index contributed by atoms with van der Waals surface area (Å²) in [5, 5.41) is 0. The van der Waals surface area contributed by atoms with Gasteiger partial charge in [0.15, 0.2) is 0 Å². The van der Waals surface area contributed by atoms with Gasteiger partial charge in [-0.2, -0.15) is 0 Å². The molecule has 2 nitrogen and oxygen atoms in total. The minimum Gasteiger partial charge on any atom is -0.462 e. The van der Waals surface area contributed by atoms with Crippen molar-refractivity contribution in [2.45, 2.75) is 11.8 Å². The molecule has 86 valence electrons. The summed E-state index contributed by atoms with van der Waals surface area (Å²) >= 11 is 4.88. The van der Waals surface area contributed by atoms with Crippen LogP contribution in [0.15, 0.2) is 33.6 Å². The van der Waals surface area contributed by atoms with Crippen LogP contribution in [0.5, 0.6) is 0 Å². The summed E-state index contributed by atoms with van der Waals surface area (Å²) in [5.41, 5.74) is 0.970. The summed E-state index contributed by atoms with van der Waals surface area (Å²) in [6.07, 6.45) is 3.78. The van der Waals surface area contributed by atoms with E-state index < -0.39 is 0 Å². The first-order valence-electron chi connectivity index (χ1n) is 4.85. The van der Waals surface area contributed by atoms with E-state index in [-0.39, 0.29) is 5.97 Å². The van der Waals surface area contributed by atoms with E-state index in [9.17, 15) is 4.79 Å². The van der Waals surface area contributed by atoms with Crippen molar-refractivity contribution in [3.05, 3.63) is 34.3 Å². The number of thioether (sulfide) groups is 1. The van der Waals surface area contributed by atoms with Gasteiger partial charge in [-0.3, -0.25) is 0 Å². The normalized spacial score (nSPS) is 11.3. The van der Waals surface area contributed by atoms with Crippen LogP contribution in [-0.4, -0.2) is 18.8 Å². The first-order valence-corrected chi connectivity index (χ1v) is 6.87. The third-order valence-electron chi connectivity index (χ3n) is 1.88. The Kier molecular flexibility index (Phi) is 5.63. The summed E-state index contributed by atoms with van der Waals surface area (Å²) in [6.45, 7) is 2.17. The zero-order valence-electron chi connectivity index (χ0n) is 9.20. The molecule has 1 rings (SSSR count). The van der Waals surface area contributed by atoms with Gasteiger partial charge in [0.25, 0.3) is 0 Å². The number of carbonyl (C=O) groups is 1. The fourth-order valence-corrected chi connectivity index (χ4v) is 1.89. The van der Waals surface area contributed by atoms with Crippen molar-refractivity contribution in [1.82, 2.24) is 0 Å². The van der Waals surface area contributed by atoms with Crippen molar-refractivity contribution in [3.8, 4) is 0 Å². The Hall–Kier alpha value is -0.740. The van der Waals surface area contributed by atoms with Crippen LogP contribution in [-0.2, 0) is 9.53 Å². The summed E-state index contributed by atoms with van der Waals surface area (Å²) in [5.74, 6) is -0.337. The Balaban J connectivity index is 2.77. The van der Waals surface area contributed by atoms with Crippen molar-refractivity contribution in [3.63, 3.8) is 0 Å². The van der Waals surface area contributed by atoms with Gasteiger partial charge in [-0.25, -0.2) is 4.79 Å². The molecule has 0 saturated heterocycles. The molecule has 0 aliphatic carbocycles. The smallest absolute Gasteiger partial charge is 0.345 e. The summed E-state index contributed by atoms with van der Waals surface area (Å²) in [6, 6.07) is 7.96. The van der Waals surface area contributed by atoms with Gasteiger partial charge in [0.05, 0.1) is 6.61 Å². The van der Waals surface area contributed by atoms with Crippen LogP contribution in [0, 0.1) is 0 Å². The molecule has 0 bridgehead atoms. The highest BCUT2D eigenvalue weighted by atomic mass is 79.9. The minimum absolute atomic E-state index is 0.337. The Morgan fingerprint density at radius 3 is 2.56 bits per heavy atom. The molecule has 1 aromatic carbocycles. The molecule has 4 heteroatoms. The van der Waals surface area contributed by atoms with Gasteiger partial charge in [0.2, 0.25) is 0 Å². The lowest BCUT2D eigenvalue weighted by molar-refractivity contribution is -0.137. The highest BCUT2D eigenvalue weighted by Gasteiger charge is 2.05. The van der Waals surface area contributed by atoms with Crippen molar-refractivity contribution in [2.24, 2.45) is 0 Å². The van der Waals surface area contributed by atoms with Gasteiger partial charge < -0.3 is 4.74 Å². The average Bonchev–Trinajstić information content (AvgIpc) is 2.30. The predicted molar refractivity (Wildman–Crippen MR) is 71.8 cm³/mol. The Morgan fingerprint density at radius 2 is 2.06 bits per heavy atom. The molecule has 0 atom stereocenters. The van der Waals surface area contributed by atoms with Gasteiger partial charge in [-0.15, -0.1) is 11.8 Å². The van der Waals surface area contributed by atoms with Crippen molar-refractivity contribution >= 4 is 39.7 Å². The molecule has 0 aliphatic rings. The number of esters is 1. The fraction of sp³-hybridized carbons (Fsp3) is 0.250. The van der Waals surface area contributed by atoms with Crippen LogP contribution in [0.1, 0.15) is 12.5 Å². The largest absolute Gasteiger partial charge is 0.462 e. The second-order valence-electron chi connectivity index (χ2n) is 2.99. The average molecular weight is 301 g/mol. The van der Waals surface area contributed by atoms with E-state index >= 15 is 0 Å². The number of ether oxygens (including phenoxy) is 1. The molecular formula is C12H13BrO2S. The van der Waals surface area contributed by atoms with E-state index in [1.54, 1.807) is 24.8 Å². The van der Waals surface area contributed by atoms with Crippen LogP contribution in [0.25, 0.3) is 6.08 Å².